The number of ether oxygens (including phenoxy) is 1. The number of nitrogens with one attached hydrogen (secondary N) is 1. The van der Waals surface area contributed by atoms with Gasteiger partial charge >= 0.3 is 17.9 Å². The second-order valence-corrected chi connectivity index (χ2v) is 9.77. The zero-order valence-electron chi connectivity index (χ0n) is 20.5. The van der Waals surface area contributed by atoms with Crippen LogP contribution in [-0.4, -0.2) is 30.3 Å². The summed E-state index contributed by atoms with van der Waals surface area (Å²) in [6, 6.07) is 4.56. The number of aromatic hydroxyl groups is 1. The minimum atomic E-state index is -4.24. The van der Waals surface area contributed by atoms with E-state index >= 15 is 0 Å². The quantitative estimate of drug-likeness (QED) is 0.332. The molecule has 7 nitrogen and oxygen atoms in total. The number of carbonyl (C=O) groups excluding carboxylic acids is 2. The molecule has 0 aliphatic carbocycles. The van der Waals surface area contributed by atoms with E-state index in [-0.39, 0.29) is 24.0 Å². The number of alkyl halides is 3. The minimum absolute atomic E-state index is 0.134. The third-order valence-corrected chi connectivity index (χ3v) is 7.25. The Balaban J connectivity index is 2.07. The van der Waals surface area contributed by atoms with Gasteiger partial charge in [0.2, 0.25) is 0 Å². The Morgan fingerprint density at radius 3 is 2.56 bits per heavy atom. The van der Waals surface area contributed by atoms with Crippen molar-refractivity contribution >= 4 is 23.2 Å². The highest BCUT2D eigenvalue weighted by Crippen LogP contribution is 2.35. The number of thiophene rings is 1. The van der Waals surface area contributed by atoms with Gasteiger partial charge in [0.15, 0.2) is 5.78 Å². The van der Waals surface area contributed by atoms with Gasteiger partial charge in [0, 0.05) is 46.2 Å². The SMILES string of the molecule is COC(=O)N/C=C/CCC(C)c1cc(O)c(C(=O)C(C)C(C)c2ccc(CCC(F)(F)F)s2)c(=O)o1. The first-order valence-electron chi connectivity index (χ1n) is 11.4. The van der Waals surface area contributed by atoms with Crippen LogP contribution in [0.1, 0.15) is 77.7 Å². The van der Waals surface area contributed by atoms with Crippen molar-refractivity contribution in [2.45, 2.75) is 64.5 Å². The smallest absolute Gasteiger partial charge is 0.410 e. The van der Waals surface area contributed by atoms with E-state index in [0.717, 1.165) is 4.88 Å². The van der Waals surface area contributed by atoms with Crippen molar-refractivity contribution < 1.29 is 37.0 Å². The Morgan fingerprint density at radius 1 is 1.25 bits per heavy atom. The van der Waals surface area contributed by atoms with E-state index < -0.39 is 47.3 Å². The lowest BCUT2D eigenvalue weighted by Crippen LogP contribution is -2.24. The number of allylic oxidation sites excluding steroid dienone is 1. The maximum Gasteiger partial charge on any atom is 0.410 e. The second kappa shape index (κ2) is 12.8. The van der Waals surface area contributed by atoms with Gasteiger partial charge in [0.05, 0.1) is 7.11 Å². The summed E-state index contributed by atoms with van der Waals surface area (Å²) in [7, 11) is 1.25. The van der Waals surface area contributed by atoms with Gasteiger partial charge in [-0.25, -0.2) is 9.59 Å². The first-order valence-corrected chi connectivity index (χ1v) is 12.2. The second-order valence-electron chi connectivity index (χ2n) is 8.57. The van der Waals surface area contributed by atoms with Gasteiger partial charge in [0.25, 0.3) is 0 Å². The third kappa shape index (κ3) is 8.25. The minimum Gasteiger partial charge on any atom is -0.507 e. The lowest BCUT2D eigenvalue weighted by atomic mass is 9.87. The zero-order valence-corrected chi connectivity index (χ0v) is 21.3. The molecule has 0 bridgehead atoms. The molecule has 2 rings (SSSR count). The van der Waals surface area contributed by atoms with E-state index in [4.69, 9.17) is 4.42 Å². The molecule has 0 aromatic carbocycles. The van der Waals surface area contributed by atoms with Crippen LogP contribution >= 0.6 is 11.3 Å². The standard InChI is InChI=1S/C25H30F3NO6S/c1-14(7-5-6-12-29-24(33)34-4)19-13-18(30)21(23(32)35-19)22(31)16(3)15(2)20-9-8-17(36-20)10-11-25(26,27)28/h6,8-9,12-16,30H,5,7,10-11H2,1-4H3,(H,29,33)/b12-6+. The maximum atomic E-state index is 13.1. The molecule has 2 heterocycles. The molecule has 0 saturated carbocycles. The molecular formula is C25H30F3NO6S. The monoisotopic (exact) mass is 529 g/mol. The van der Waals surface area contributed by atoms with Crippen LogP contribution in [0.5, 0.6) is 5.75 Å². The van der Waals surface area contributed by atoms with E-state index in [1.54, 1.807) is 39.0 Å². The summed E-state index contributed by atoms with van der Waals surface area (Å²) in [6.07, 6.45) is -1.68. The molecule has 11 heteroatoms. The Bertz CT molecular complexity index is 1140. The van der Waals surface area contributed by atoms with E-state index in [1.807, 2.05) is 0 Å². The third-order valence-electron chi connectivity index (χ3n) is 5.90. The summed E-state index contributed by atoms with van der Waals surface area (Å²) in [4.78, 5) is 37.9. The molecule has 0 radical (unpaired) electrons. The number of alkyl carbamates (subject to hydrolysis) is 1. The number of hydrogen-bond donors (Lipinski definition) is 2. The summed E-state index contributed by atoms with van der Waals surface area (Å²) < 4.78 is 47.2. The van der Waals surface area contributed by atoms with Crippen molar-refractivity contribution in [3.05, 3.63) is 62.0 Å². The normalized spacial score (nSPS) is 14.4. The molecule has 0 spiro atoms. The van der Waals surface area contributed by atoms with Crippen molar-refractivity contribution in [3.63, 3.8) is 0 Å². The van der Waals surface area contributed by atoms with E-state index in [2.05, 4.69) is 10.1 Å². The molecule has 198 valence electrons. The Kier molecular flexibility index (Phi) is 10.3. The van der Waals surface area contributed by atoms with Gasteiger partial charge in [0.1, 0.15) is 17.1 Å². The van der Waals surface area contributed by atoms with Gasteiger partial charge in [-0.05, 0) is 31.4 Å². The Hall–Kier alpha value is -3.08. The molecule has 0 fully saturated rings. The van der Waals surface area contributed by atoms with Crippen LogP contribution in [0.2, 0.25) is 0 Å². The molecule has 0 aliphatic heterocycles. The van der Waals surface area contributed by atoms with Crippen LogP contribution < -0.4 is 10.9 Å². The number of ketones is 1. The Labute approximate surface area is 211 Å². The van der Waals surface area contributed by atoms with Crippen LogP contribution in [0.4, 0.5) is 18.0 Å². The van der Waals surface area contributed by atoms with Crippen molar-refractivity contribution in [2.24, 2.45) is 5.92 Å². The number of rotatable bonds is 11. The topological polar surface area (TPSA) is 106 Å². The molecule has 3 unspecified atom stereocenters. The average Bonchev–Trinajstić information content (AvgIpc) is 3.29. The summed E-state index contributed by atoms with van der Waals surface area (Å²) >= 11 is 1.20. The highest BCUT2D eigenvalue weighted by molar-refractivity contribution is 7.12. The molecular weight excluding hydrogens is 499 g/mol. The first kappa shape index (κ1) is 29.2. The van der Waals surface area contributed by atoms with Gasteiger partial charge in [-0.2, -0.15) is 13.2 Å². The Morgan fingerprint density at radius 2 is 1.94 bits per heavy atom. The number of methoxy groups -OCH3 is 1. The molecule has 36 heavy (non-hydrogen) atoms. The molecule has 2 aromatic heterocycles. The fourth-order valence-corrected chi connectivity index (χ4v) is 4.64. The van der Waals surface area contributed by atoms with Gasteiger partial charge in [-0.1, -0.05) is 26.8 Å². The number of aryl methyl sites for hydroxylation is 1. The van der Waals surface area contributed by atoms with Gasteiger partial charge < -0.3 is 14.3 Å². The lowest BCUT2D eigenvalue weighted by molar-refractivity contribution is -0.133. The van der Waals surface area contributed by atoms with Crippen LogP contribution in [-0.2, 0) is 11.2 Å². The number of carbonyl (C=O) groups is 2. The van der Waals surface area contributed by atoms with E-state index in [0.29, 0.717) is 17.7 Å². The molecule has 1 amide bonds. The van der Waals surface area contributed by atoms with Crippen molar-refractivity contribution in [2.75, 3.05) is 7.11 Å². The molecule has 2 aromatic rings. The molecule has 2 N–H and O–H groups in total. The summed E-state index contributed by atoms with van der Waals surface area (Å²) in [5, 5.41) is 12.9. The van der Waals surface area contributed by atoms with Crippen LogP contribution in [0.15, 0.2) is 39.7 Å². The average molecular weight is 530 g/mol. The number of hydrogen-bond acceptors (Lipinski definition) is 7. The summed E-state index contributed by atoms with van der Waals surface area (Å²) in [6.45, 7) is 5.14. The zero-order chi connectivity index (χ0) is 27.0. The fraction of sp³-hybridized carbons (Fsp3) is 0.480. The first-order chi connectivity index (χ1) is 16.8. The molecule has 3 atom stereocenters. The van der Waals surface area contributed by atoms with Crippen molar-refractivity contribution in [1.29, 1.82) is 0 Å². The predicted molar refractivity (Wildman–Crippen MR) is 130 cm³/mol. The number of halogens is 3. The van der Waals surface area contributed by atoms with Gasteiger partial charge in [-0.15, -0.1) is 11.3 Å². The molecule has 0 saturated heterocycles. The van der Waals surface area contributed by atoms with E-state index in [1.165, 1.54) is 30.7 Å². The largest absolute Gasteiger partial charge is 0.507 e. The predicted octanol–water partition coefficient (Wildman–Crippen LogP) is 6.28. The lowest BCUT2D eigenvalue weighted by Gasteiger charge is -2.18. The highest BCUT2D eigenvalue weighted by atomic mass is 32.1. The van der Waals surface area contributed by atoms with Crippen LogP contribution in [0, 0.1) is 5.92 Å². The molecule has 0 aliphatic rings. The number of Topliss-reactive ketones (excluding diaryl/α,β-unsaturated/α-hetero) is 1. The van der Waals surface area contributed by atoms with E-state index in [9.17, 15) is 32.7 Å². The summed E-state index contributed by atoms with van der Waals surface area (Å²) in [5.74, 6) is -2.22. The van der Waals surface area contributed by atoms with Crippen molar-refractivity contribution in [1.82, 2.24) is 5.32 Å². The highest BCUT2D eigenvalue weighted by Gasteiger charge is 2.30. The van der Waals surface area contributed by atoms with Crippen molar-refractivity contribution in [3.8, 4) is 5.75 Å². The van der Waals surface area contributed by atoms with Crippen LogP contribution in [0.25, 0.3) is 0 Å². The van der Waals surface area contributed by atoms with Gasteiger partial charge in [-0.3, -0.25) is 10.1 Å². The summed E-state index contributed by atoms with van der Waals surface area (Å²) in [5.41, 5.74) is -1.39. The van der Waals surface area contributed by atoms with Crippen LogP contribution in [0.3, 0.4) is 0 Å². The maximum absolute atomic E-state index is 13.1. The fourth-order valence-electron chi connectivity index (χ4n) is 3.47. The number of amides is 1.